The number of pyridine rings is 1. The molecule has 2 aromatic rings. The van der Waals surface area contributed by atoms with Gasteiger partial charge in [-0.15, -0.1) is 0 Å². The SMILES string of the molecule is Cc1nn(C)cc1CN1CC[C@H]2OCCN(Cc3cccnc3)[C@@H]2C1. The Kier molecular flexibility index (Phi) is 4.83. The average Bonchev–Trinajstić information content (AvgIpc) is 2.93. The van der Waals surface area contributed by atoms with Crippen LogP contribution in [-0.4, -0.2) is 63.0 Å². The summed E-state index contributed by atoms with van der Waals surface area (Å²) in [5.41, 5.74) is 3.75. The number of fused-ring (bicyclic) bond motifs is 1. The number of nitrogens with zero attached hydrogens (tertiary/aromatic N) is 5. The summed E-state index contributed by atoms with van der Waals surface area (Å²) in [5, 5.41) is 4.48. The van der Waals surface area contributed by atoms with Gasteiger partial charge in [0.05, 0.1) is 18.4 Å². The number of aryl methyl sites for hydroxylation is 2. The molecule has 134 valence electrons. The molecule has 2 fully saturated rings. The zero-order valence-electron chi connectivity index (χ0n) is 15.1. The van der Waals surface area contributed by atoms with Gasteiger partial charge in [0.15, 0.2) is 0 Å². The molecule has 2 aliphatic heterocycles. The lowest BCUT2D eigenvalue weighted by molar-refractivity contribution is -0.107. The number of hydrogen-bond acceptors (Lipinski definition) is 5. The van der Waals surface area contributed by atoms with Crippen LogP contribution in [0, 0.1) is 6.92 Å². The smallest absolute Gasteiger partial charge is 0.0755 e. The third-order valence-electron chi connectivity index (χ3n) is 5.40. The molecule has 2 aliphatic rings. The number of aromatic nitrogens is 3. The Bertz CT molecular complexity index is 701. The lowest BCUT2D eigenvalue weighted by atomic mass is 9.97. The highest BCUT2D eigenvalue weighted by atomic mass is 16.5. The molecule has 4 heterocycles. The fourth-order valence-corrected chi connectivity index (χ4v) is 4.12. The van der Waals surface area contributed by atoms with Gasteiger partial charge in [-0.05, 0) is 25.0 Å². The van der Waals surface area contributed by atoms with Crippen LogP contribution in [0.4, 0.5) is 0 Å². The quantitative estimate of drug-likeness (QED) is 0.845. The van der Waals surface area contributed by atoms with Crippen molar-refractivity contribution in [3.63, 3.8) is 0 Å². The van der Waals surface area contributed by atoms with Crippen LogP contribution in [0.25, 0.3) is 0 Å². The largest absolute Gasteiger partial charge is 0.375 e. The molecule has 0 aromatic carbocycles. The van der Waals surface area contributed by atoms with Crippen LogP contribution in [-0.2, 0) is 24.9 Å². The minimum Gasteiger partial charge on any atom is -0.375 e. The first kappa shape index (κ1) is 16.7. The summed E-state index contributed by atoms with van der Waals surface area (Å²) in [6.45, 7) is 8.01. The summed E-state index contributed by atoms with van der Waals surface area (Å²) < 4.78 is 7.99. The van der Waals surface area contributed by atoms with Crippen LogP contribution in [0.5, 0.6) is 0 Å². The number of hydrogen-bond donors (Lipinski definition) is 0. The first-order chi connectivity index (χ1) is 12.2. The Balaban J connectivity index is 1.44. The van der Waals surface area contributed by atoms with Gasteiger partial charge in [-0.25, -0.2) is 0 Å². The van der Waals surface area contributed by atoms with Gasteiger partial charge in [0.25, 0.3) is 0 Å². The van der Waals surface area contributed by atoms with E-state index < -0.39 is 0 Å². The number of morpholine rings is 1. The van der Waals surface area contributed by atoms with Crippen molar-refractivity contribution in [3.05, 3.63) is 47.5 Å². The normalized spacial score (nSPS) is 25.0. The van der Waals surface area contributed by atoms with Gasteiger partial charge in [-0.2, -0.15) is 5.10 Å². The molecule has 0 bridgehead atoms. The minimum atomic E-state index is 0.358. The van der Waals surface area contributed by atoms with E-state index in [-0.39, 0.29) is 0 Å². The van der Waals surface area contributed by atoms with E-state index in [1.165, 1.54) is 11.1 Å². The Hall–Kier alpha value is -1.76. The first-order valence-electron chi connectivity index (χ1n) is 9.15. The zero-order valence-corrected chi connectivity index (χ0v) is 15.1. The van der Waals surface area contributed by atoms with Gasteiger partial charge in [0.2, 0.25) is 0 Å². The number of piperidine rings is 1. The van der Waals surface area contributed by atoms with Gasteiger partial charge in [-0.1, -0.05) is 6.07 Å². The molecule has 0 spiro atoms. The molecule has 2 saturated heterocycles. The summed E-state index contributed by atoms with van der Waals surface area (Å²) in [5.74, 6) is 0. The second-order valence-electron chi connectivity index (χ2n) is 7.25. The average molecular weight is 341 g/mol. The van der Waals surface area contributed by atoms with Crippen LogP contribution >= 0.6 is 0 Å². The highest BCUT2D eigenvalue weighted by Crippen LogP contribution is 2.25. The summed E-state index contributed by atoms with van der Waals surface area (Å²) in [6, 6.07) is 4.64. The van der Waals surface area contributed by atoms with Crippen molar-refractivity contribution in [2.75, 3.05) is 26.2 Å². The van der Waals surface area contributed by atoms with E-state index in [1.807, 2.05) is 30.2 Å². The minimum absolute atomic E-state index is 0.358. The second kappa shape index (κ2) is 7.23. The molecule has 0 saturated carbocycles. The van der Waals surface area contributed by atoms with Crippen LogP contribution in [0.1, 0.15) is 23.2 Å². The van der Waals surface area contributed by atoms with Crippen LogP contribution < -0.4 is 0 Å². The predicted octanol–water partition coefficient (Wildman–Crippen LogP) is 1.60. The van der Waals surface area contributed by atoms with Crippen LogP contribution in [0.3, 0.4) is 0 Å². The van der Waals surface area contributed by atoms with Gasteiger partial charge < -0.3 is 4.74 Å². The van der Waals surface area contributed by atoms with Crippen molar-refractivity contribution in [1.29, 1.82) is 0 Å². The molecule has 25 heavy (non-hydrogen) atoms. The third-order valence-corrected chi connectivity index (χ3v) is 5.40. The summed E-state index contributed by atoms with van der Waals surface area (Å²) in [6.07, 6.45) is 7.42. The van der Waals surface area contributed by atoms with E-state index >= 15 is 0 Å². The molecule has 6 heteroatoms. The van der Waals surface area contributed by atoms with E-state index in [0.717, 1.165) is 51.4 Å². The number of likely N-dealkylation sites (tertiary alicyclic amines) is 1. The maximum absolute atomic E-state index is 6.08. The summed E-state index contributed by atoms with van der Waals surface area (Å²) >= 11 is 0. The number of rotatable bonds is 4. The first-order valence-corrected chi connectivity index (χ1v) is 9.15. The molecule has 4 rings (SSSR count). The van der Waals surface area contributed by atoms with E-state index in [4.69, 9.17) is 4.74 Å². The van der Waals surface area contributed by atoms with Crippen molar-refractivity contribution >= 4 is 0 Å². The molecular formula is C19H27N5O. The Morgan fingerprint density at radius 1 is 1.28 bits per heavy atom. The second-order valence-corrected chi connectivity index (χ2v) is 7.25. The molecule has 0 amide bonds. The summed E-state index contributed by atoms with van der Waals surface area (Å²) in [7, 11) is 1.99. The van der Waals surface area contributed by atoms with Crippen molar-refractivity contribution in [1.82, 2.24) is 24.6 Å². The van der Waals surface area contributed by atoms with Crippen LogP contribution in [0.2, 0.25) is 0 Å². The van der Waals surface area contributed by atoms with Gasteiger partial charge in [0, 0.05) is 70.0 Å². The molecular weight excluding hydrogens is 314 g/mol. The summed E-state index contributed by atoms with van der Waals surface area (Å²) in [4.78, 5) is 9.39. The maximum atomic E-state index is 6.08. The van der Waals surface area contributed by atoms with Crippen molar-refractivity contribution < 1.29 is 4.74 Å². The topological polar surface area (TPSA) is 46.4 Å². The molecule has 6 nitrogen and oxygen atoms in total. The Morgan fingerprint density at radius 2 is 2.20 bits per heavy atom. The van der Waals surface area contributed by atoms with Gasteiger partial charge >= 0.3 is 0 Å². The van der Waals surface area contributed by atoms with Crippen molar-refractivity contribution in [2.24, 2.45) is 7.05 Å². The fourth-order valence-electron chi connectivity index (χ4n) is 4.12. The predicted molar refractivity (Wildman–Crippen MR) is 96.0 cm³/mol. The van der Waals surface area contributed by atoms with Gasteiger partial charge in [0.1, 0.15) is 0 Å². The Labute approximate surface area is 149 Å². The monoisotopic (exact) mass is 341 g/mol. The molecule has 2 atom stereocenters. The highest BCUT2D eigenvalue weighted by molar-refractivity contribution is 5.15. The fraction of sp³-hybridized carbons (Fsp3) is 0.579. The lowest BCUT2D eigenvalue weighted by Crippen LogP contribution is -2.59. The number of ether oxygens (including phenoxy) is 1. The highest BCUT2D eigenvalue weighted by Gasteiger charge is 2.37. The molecule has 0 radical (unpaired) electrons. The van der Waals surface area contributed by atoms with Crippen molar-refractivity contribution in [2.45, 2.75) is 38.6 Å². The van der Waals surface area contributed by atoms with Crippen molar-refractivity contribution in [3.8, 4) is 0 Å². The molecule has 0 N–H and O–H groups in total. The third kappa shape index (κ3) is 3.76. The van der Waals surface area contributed by atoms with Gasteiger partial charge in [-0.3, -0.25) is 19.5 Å². The van der Waals surface area contributed by atoms with E-state index in [2.05, 4.69) is 39.1 Å². The van der Waals surface area contributed by atoms with Crippen LogP contribution in [0.15, 0.2) is 30.7 Å². The van der Waals surface area contributed by atoms with E-state index in [9.17, 15) is 0 Å². The Morgan fingerprint density at radius 3 is 2.96 bits per heavy atom. The molecule has 0 aliphatic carbocycles. The molecule has 0 unspecified atom stereocenters. The van der Waals surface area contributed by atoms with E-state index in [0.29, 0.717) is 12.1 Å². The maximum Gasteiger partial charge on any atom is 0.0755 e. The zero-order chi connectivity index (χ0) is 17.2. The lowest BCUT2D eigenvalue weighted by Gasteiger charge is -2.47. The standard InChI is InChI=1S/C19H27N5O/c1-15-17(12-22(2)21-15)13-23-7-5-19-18(14-23)24(8-9-25-19)11-16-4-3-6-20-10-16/h3-4,6,10,12,18-19H,5,7-9,11,13-14H2,1-2H3/t18-,19-/m1/s1. The van der Waals surface area contributed by atoms with E-state index in [1.54, 1.807) is 0 Å². The molecule has 2 aromatic heterocycles.